The quantitative estimate of drug-likeness (QED) is 0.276. The first-order valence-electron chi connectivity index (χ1n) is 11.9. The molecule has 2 heterocycles. The minimum absolute atomic E-state index is 0.0527. The van der Waals surface area contributed by atoms with E-state index in [4.69, 9.17) is 9.84 Å². The number of aliphatic hydroxyl groups excluding tert-OH is 1. The summed E-state index contributed by atoms with van der Waals surface area (Å²) in [7, 11) is 0. The Bertz CT molecular complexity index is 950. The fraction of sp³-hybridized carbons (Fsp3) is 0.519. The number of allylic oxidation sites excluding steroid dienone is 5. The number of carbonyl (C=O) groups excluding carboxylic acids is 2. The molecule has 2 aliphatic rings. The number of carbonyl (C=O) groups is 3. The molecule has 7 nitrogen and oxygen atoms in total. The molecule has 2 rings (SSSR count). The molecule has 0 saturated carbocycles. The molecule has 0 aromatic rings. The minimum Gasteiger partial charge on any atom is -0.504 e. The molecule has 0 bridgehead atoms. The van der Waals surface area contributed by atoms with Crippen molar-refractivity contribution in [1.29, 1.82) is 0 Å². The van der Waals surface area contributed by atoms with Crippen molar-refractivity contribution in [2.24, 2.45) is 5.92 Å². The van der Waals surface area contributed by atoms with Crippen LogP contribution in [0, 0.1) is 5.92 Å². The summed E-state index contributed by atoms with van der Waals surface area (Å²) in [6, 6.07) is 0. The predicted molar refractivity (Wildman–Crippen MR) is 131 cm³/mol. The number of aliphatic hydroxyl groups is 1. The number of cyclic esters (lactones) is 1. The summed E-state index contributed by atoms with van der Waals surface area (Å²) in [4.78, 5) is 35.8. The van der Waals surface area contributed by atoms with Crippen molar-refractivity contribution in [2.75, 3.05) is 13.1 Å². The van der Waals surface area contributed by atoms with E-state index in [2.05, 4.69) is 26.0 Å². The molecule has 0 aliphatic carbocycles. The third-order valence-electron chi connectivity index (χ3n) is 6.15. The van der Waals surface area contributed by atoms with Gasteiger partial charge in [-0.2, -0.15) is 0 Å². The molecule has 1 atom stereocenters. The number of ether oxygens (including phenoxy) is 1. The van der Waals surface area contributed by atoms with Gasteiger partial charge in [0.2, 0.25) is 5.91 Å². The first kappa shape index (κ1) is 27.2. The van der Waals surface area contributed by atoms with E-state index in [-0.39, 0.29) is 35.5 Å². The van der Waals surface area contributed by atoms with Gasteiger partial charge in [0.1, 0.15) is 6.54 Å². The second-order valence-electron chi connectivity index (χ2n) is 9.25. The molecule has 0 spiro atoms. The van der Waals surface area contributed by atoms with Gasteiger partial charge in [-0.3, -0.25) is 9.59 Å². The van der Waals surface area contributed by atoms with Gasteiger partial charge in [0, 0.05) is 12.1 Å². The Balaban J connectivity index is 1.64. The lowest BCUT2D eigenvalue weighted by molar-refractivity contribution is -0.142. The van der Waals surface area contributed by atoms with Crippen LogP contribution in [-0.4, -0.2) is 46.0 Å². The van der Waals surface area contributed by atoms with E-state index in [1.54, 1.807) is 6.92 Å². The van der Waals surface area contributed by atoms with Crippen molar-refractivity contribution in [3.63, 3.8) is 0 Å². The van der Waals surface area contributed by atoms with Crippen LogP contribution in [0.4, 0.5) is 0 Å². The van der Waals surface area contributed by atoms with Gasteiger partial charge in [-0.25, -0.2) is 4.79 Å². The second-order valence-corrected chi connectivity index (χ2v) is 9.25. The van der Waals surface area contributed by atoms with Gasteiger partial charge in [-0.15, -0.1) is 0 Å². The smallest absolute Gasteiger partial charge is 0.343 e. The lowest BCUT2D eigenvalue weighted by Crippen LogP contribution is -2.32. The van der Waals surface area contributed by atoms with Crippen molar-refractivity contribution in [3.05, 3.63) is 58.1 Å². The molecule has 0 unspecified atom stereocenters. The largest absolute Gasteiger partial charge is 0.504 e. The van der Waals surface area contributed by atoms with Crippen LogP contribution in [0.25, 0.3) is 0 Å². The van der Waals surface area contributed by atoms with E-state index in [1.165, 1.54) is 16.0 Å². The number of nitrogens with zero attached hydrogens (tertiary/aromatic N) is 1. The van der Waals surface area contributed by atoms with Gasteiger partial charge < -0.3 is 19.8 Å². The van der Waals surface area contributed by atoms with Crippen molar-refractivity contribution < 1.29 is 29.3 Å². The number of amides is 1. The lowest BCUT2D eigenvalue weighted by Gasteiger charge is -2.13. The first-order chi connectivity index (χ1) is 16.1. The van der Waals surface area contributed by atoms with Crippen molar-refractivity contribution in [1.82, 2.24) is 4.90 Å². The highest BCUT2D eigenvalue weighted by atomic mass is 16.6. The molecular weight excluding hydrogens is 434 g/mol. The Morgan fingerprint density at radius 1 is 1.18 bits per heavy atom. The molecule has 0 saturated heterocycles. The fourth-order valence-corrected chi connectivity index (χ4v) is 3.99. The molecule has 0 aromatic heterocycles. The molecule has 0 radical (unpaired) electrons. The van der Waals surface area contributed by atoms with Gasteiger partial charge in [-0.1, -0.05) is 36.3 Å². The maximum absolute atomic E-state index is 12.1. The van der Waals surface area contributed by atoms with Gasteiger partial charge >= 0.3 is 11.9 Å². The SMILES string of the molecule is CC1=C(O)/C(=C/[C@@H](C)CCC/C(C)=C/CC/C(C)=C/CCC2=CCN(CC(=O)O)C2=O)OC1=O. The van der Waals surface area contributed by atoms with E-state index < -0.39 is 11.9 Å². The maximum Gasteiger partial charge on any atom is 0.343 e. The topological polar surface area (TPSA) is 104 Å². The Labute approximate surface area is 202 Å². The molecule has 1 amide bonds. The van der Waals surface area contributed by atoms with E-state index in [9.17, 15) is 19.5 Å². The van der Waals surface area contributed by atoms with Gasteiger partial charge in [0.25, 0.3) is 0 Å². The standard InChI is InChI=1S/C27H37NO6/c1-18(10-6-12-20(3)16-23-25(31)21(4)27(33)34-23)8-5-9-19(2)11-7-13-22-14-15-28(26(22)32)17-24(29)30/h8,11,14,16,20,31H,5-7,9-10,12-13,15,17H2,1-4H3,(H,29,30)/b18-8+,19-11+,23-16-/t20-/m0/s1. The highest BCUT2D eigenvalue weighted by molar-refractivity contribution is 5.97. The first-order valence-corrected chi connectivity index (χ1v) is 11.9. The number of esters is 1. The predicted octanol–water partition coefficient (Wildman–Crippen LogP) is 5.37. The monoisotopic (exact) mass is 471 g/mol. The summed E-state index contributed by atoms with van der Waals surface area (Å²) in [5.74, 6) is -1.21. The summed E-state index contributed by atoms with van der Waals surface area (Å²) in [5, 5.41) is 18.7. The minimum atomic E-state index is -0.988. The van der Waals surface area contributed by atoms with E-state index in [0.717, 1.165) is 38.5 Å². The molecule has 2 N–H and O–H groups in total. The molecule has 186 valence electrons. The highest BCUT2D eigenvalue weighted by Crippen LogP contribution is 2.26. The number of aliphatic carboxylic acids is 1. The maximum atomic E-state index is 12.1. The van der Waals surface area contributed by atoms with Crippen LogP contribution in [0.1, 0.15) is 72.6 Å². The summed E-state index contributed by atoms with van der Waals surface area (Å²) >= 11 is 0. The Kier molecular flexibility index (Phi) is 10.4. The van der Waals surface area contributed by atoms with E-state index in [1.807, 2.05) is 19.1 Å². The number of carboxylic acids is 1. The highest BCUT2D eigenvalue weighted by Gasteiger charge is 2.26. The molecular formula is C27H37NO6. The van der Waals surface area contributed by atoms with Crippen LogP contribution in [0.15, 0.2) is 58.1 Å². The Morgan fingerprint density at radius 2 is 1.85 bits per heavy atom. The second kappa shape index (κ2) is 13.0. The normalized spacial score (nSPS) is 19.2. The van der Waals surface area contributed by atoms with Gasteiger partial charge in [0.15, 0.2) is 11.5 Å². The third kappa shape index (κ3) is 8.36. The molecule has 7 heteroatoms. The van der Waals surface area contributed by atoms with Crippen LogP contribution in [0.3, 0.4) is 0 Å². The Hall–Kier alpha value is -3.09. The number of hydrogen-bond acceptors (Lipinski definition) is 5. The number of carboxylic acid groups (broad SMARTS) is 1. The molecule has 0 fully saturated rings. The van der Waals surface area contributed by atoms with Crippen LogP contribution in [0.5, 0.6) is 0 Å². The van der Waals surface area contributed by atoms with Crippen molar-refractivity contribution in [2.45, 2.75) is 72.6 Å². The zero-order valence-corrected chi connectivity index (χ0v) is 20.7. The van der Waals surface area contributed by atoms with Gasteiger partial charge in [-0.05, 0) is 77.7 Å². The van der Waals surface area contributed by atoms with Crippen LogP contribution in [0.2, 0.25) is 0 Å². The summed E-state index contributed by atoms with van der Waals surface area (Å²) < 4.78 is 5.08. The fourth-order valence-electron chi connectivity index (χ4n) is 3.99. The molecule has 34 heavy (non-hydrogen) atoms. The molecule has 2 aliphatic heterocycles. The summed E-state index contributed by atoms with van der Waals surface area (Å²) in [6.07, 6.45) is 14.4. The summed E-state index contributed by atoms with van der Waals surface area (Å²) in [6.45, 7) is 7.98. The van der Waals surface area contributed by atoms with Crippen LogP contribution < -0.4 is 0 Å². The van der Waals surface area contributed by atoms with E-state index in [0.29, 0.717) is 18.5 Å². The lowest BCUT2D eigenvalue weighted by atomic mass is 9.99. The zero-order valence-electron chi connectivity index (χ0n) is 20.7. The average molecular weight is 472 g/mol. The zero-order chi connectivity index (χ0) is 25.3. The van der Waals surface area contributed by atoms with E-state index >= 15 is 0 Å². The van der Waals surface area contributed by atoms with Crippen LogP contribution in [-0.2, 0) is 19.1 Å². The van der Waals surface area contributed by atoms with Crippen molar-refractivity contribution in [3.8, 4) is 0 Å². The summed E-state index contributed by atoms with van der Waals surface area (Å²) in [5.41, 5.74) is 3.59. The third-order valence-corrected chi connectivity index (χ3v) is 6.15. The average Bonchev–Trinajstić information content (AvgIpc) is 3.21. The van der Waals surface area contributed by atoms with Crippen molar-refractivity contribution >= 4 is 17.8 Å². The van der Waals surface area contributed by atoms with Crippen LogP contribution >= 0.6 is 0 Å². The molecule has 0 aromatic carbocycles. The Morgan fingerprint density at radius 3 is 2.50 bits per heavy atom. The number of rotatable bonds is 13. The number of hydrogen-bond donors (Lipinski definition) is 2. The van der Waals surface area contributed by atoms with Gasteiger partial charge in [0.05, 0.1) is 5.57 Å².